The van der Waals surface area contributed by atoms with E-state index in [4.69, 9.17) is 4.74 Å². The van der Waals surface area contributed by atoms with E-state index in [0.717, 1.165) is 44.0 Å². The monoisotopic (exact) mass is 438 g/mol. The zero-order valence-corrected chi connectivity index (χ0v) is 19.2. The molecule has 1 aliphatic heterocycles. The number of hydrogen-bond donors (Lipinski definition) is 0. The molecule has 0 bridgehead atoms. The molecule has 8 heteroatoms. The van der Waals surface area contributed by atoms with Crippen LogP contribution in [0.1, 0.15) is 44.6 Å². The van der Waals surface area contributed by atoms with E-state index >= 15 is 4.39 Å². The third kappa shape index (κ3) is 4.19. The van der Waals surface area contributed by atoms with Gasteiger partial charge in [0.2, 0.25) is 0 Å². The predicted molar refractivity (Wildman–Crippen MR) is 122 cm³/mol. The van der Waals surface area contributed by atoms with Crippen molar-refractivity contribution in [3.63, 3.8) is 0 Å². The fourth-order valence-corrected chi connectivity index (χ4v) is 4.25. The fourth-order valence-electron chi connectivity index (χ4n) is 4.25. The van der Waals surface area contributed by atoms with Crippen molar-refractivity contribution in [3.8, 4) is 5.75 Å². The van der Waals surface area contributed by atoms with Gasteiger partial charge in [-0.2, -0.15) is 0 Å². The average Bonchev–Trinajstić information content (AvgIpc) is 3.31. The van der Waals surface area contributed by atoms with E-state index in [1.54, 1.807) is 13.2 Å². The van der Waals surface area contributed by atoms with E-state index in [0.29, 0.717) is 11.4 Å². The number of hydrogen-bond acceptors (Lipinski definition) is 6. The first-order valence-corrected chi connectivity index (χ1v) is 11.1. The van der Waals surface area contributed by atoms with Crippen molar-refractivity contribution in [2.75, 3.05) is 38.2 Å². The lowest BCUT2D eigenvalue weighted by atomic mass is 9.98. The second-order valence-corrected chi connectivity index (χ2v) is 8.73. The summed E-state index contributed by atoms with van der Waals surface area (Å²) >= 11 is 0. The van der Waals surface area contributed by atoms with Crippen LogP contribution in [-0.4, -0.2) is 58.4 Å². The zero-order valence-electron chi connectivity index (χ0n) is 19.2. The third-order valence-corrected chi connectivity index (χ3v) is 6.48. The molecule has 32 heavy (non-hydrogen) atoms. The maximum Gasteiger partial charge on any atom is 0.173 e. The van der Waals surface area contributed by atoms with Crippen molar-refractivity contribution >= 4 is 5.69 Å². The van der Waals surface area contributed by atoms with Crippen molar-refractivity contribution in [2.24, 2.45) is 0 Å². The molecule has 7 nitrogen and oxygen atoms in total. The highest BCUT2D eigenvalue weighted by atomic mass is 19.1. The molecule has 2 heterocycles. The highest BCUT2D eigenvalue weighted by Gasteiger charge is 2.35. The van der Waals surface area contributed by atoms with Crippen LogP contribution in [0, 0.1) is 5.82 Å². The largest absolute Gasteiger partial charge is 0.495 e. The number of halogens is 1. The number of benzene rings is 2. The summed E-state index contributed by atoms with van der Waals surface area (Å²) in [6.07, 6.45) is 0.858. The first kappa shape index (κ1) is 22.2. The van der Waals surface area contributed by atoms with Crippen LogP contribution in [0.5, 0.6) is 5.75 Å². The van der Waals surface area contributed by atoms with Crippen LogP contribution in [0.25, 0.3) is 0 Å². The molecule has 1 fully saturated rings. The molecule has 0 aliphatic carbocycles. The van der Waals surface area contributed by atoms with Gasteiger partial charge in [0.25, 0.3) is 0 Å². The Labute approximate surface area is 188 Å². The molecular weight excluding hydrogens is 407 g/mol. The molecular formula is C24H31FN6O. The molecule has 0 spiro atoms. The van der Waals surface area contributed by atoms with Gasteiger partial charge >= 0.3 is 0 Å². The summed E-state index contributed by atoms with van der Waals surface area (Å²) in [5.74, 6) is 1.29. The number of piperazine rings is 1. The molecule has 1 aromatic heterocycles. The van der Waals surface area contributed by atoms with E-state index in [9.17, 15) is 0 Å². The van der Waals surface area contributed by atoms with Crippen LogP contribution in [0.2, 0.25) is 0 Å². The Morgan fingerprint density at radius 2 is 1.72 bits per heavy atom. The van der Waals surface area contributed by atoms with E-state index in [1.807, 2.05) is 35.0 Å². The molecule has 0 amide bonds. The summed E-state index contributed by atoms with van der Waals surface area (Å²) < 4.78 is 22.4. The molecule has 0 N–H and O–H groups in total. The Morgan fingerprint density at radius 3 is 2.41 bits per heavy atom. The molecule has 2 aromatic carbocycles. The minimum Gasteiger partial charge on any atom is -0.495 e. The second kappa shape index (κ2) is 9.24. The molecule has 4 rings (SSSR count). The molecule has 0 saturated carbocycles. The van der Waals surface area contributed by atoms with E-state index in [-0.39, 0.29) is 17.4 Å². The van der Waals surface area contributed by atoms with Crippen LogP contribution in [-0.2, 0) is 5.54 Å². The first-order valence-electron chi connectivity index (χ1n) is 11.1. The van der Waals surface area contributed by atoms with Crippen molar-refractivity contribution in [3.05, 3.63) is 65.7 Å². The van der Waals surface area contributed by atoms with Gasteiger partial charge in [-0.15, -0.1) is 5.10 Å². The van der Waals surface area contributed by atoms with Gasteiger partial charge in [0.05, 0.1) is 18.3 Å². The van der Waals surface area contributed by atoms with Gasteiger partial charge in [0, 0.05) is 31.7 Å². The van der Waals surface area contributed by atoms with E-state index in [2.05, 4.69) is 52.2 Å². The zero-order chi connectivity index (χ0) is 22.7. The van der Waals surface area contributed by atoms with Crippen LogP contribution < -0.4 is 9.64 Å². The standard InChI is InChI=1S/C24H31FN6O/c1-5-24(2,3)31-23(26-27-28-31)22(18-10-6-7-11-19(18)25)30-16-14-29(15-17-30)20-12-8-9-13-21(20)32-4/h6-13,22H,5,14-17H2,1-4H3/t22-/m0/s1. The molecule has 0 radical (unpaired) electrons. The summed E-state index contributed by atoms with van der Waals surface area (Å²) in [6, 6.07) is 14.6. The lowest BCUT2D eigenvalue weighted by Crippen LogP contribution is -2.49. The Hall–Kier alpha value is -3.00. The summed E-state index contributed by atoms with van der Waals surface area (Å²) in [4.78, 5) is 4.59. The third-order valence-electron chi connectivity index (χ3n) is 6.48. The number of para-hydroxylation sites is 2. The van der Waals surface area contributed by atoms with Crippen LogP contribution in [0.3, 0.4) is 0 Å². The van der Waals surface area contributed by atoms with Crippen LogP contribution in [0.15, 0.2) is 48.5 Å². The summed E-state index contributed by atoms with van der Waals surface area (Å²) in [5.41, 5.74) is 1.40. The summed E-state index contributed by atoms with van der Waals surface area (Å²) in [7, 11) is 1.69. The second-order valence-electron chi connectivity index (χ2n) is 8.73. The smallest absolute Gasteiger partial charge is 0.173 e. The van der Waals surface area contributed by atoms with Crippen molar-refractivity contribution in [1.82, 2.24) is 25.1 Å². The molecule has 1 saturated heterocycles. The Kier molecular flexibility index (Phi) is 6.41. The van der Waals surface area contributed by atoms with Crippen LogP contribution in [0.4, 0.5) is 10.1 Å². The van der Waals surface area contributed by atoms with Crippen LogP contribution >= 0.6 is 0 Å². The minimum absolute atomic E-state index is 0.242. The van der Waals surface area contributed by atoms with Gasteiger partial charge in [-0.05, 0) is 48.9 Å². The quantitative estimate of drug-likeness (QED) is 0.558. The van der Waals surface area contributed by atoms with Crippen molar-refractivity contribution in [1.29, 1.82) is 0 Å². The molecule has 170 valence electrons. The van der Waals surface area contributed by atoms with E-state index < -0.39 is 0 Å². The SMILES string of the molecule is CCC(C)(C)n1nnnc1[C@H](c1ccccc1F)N1CCN(c2ccccc2OC)CC1. The number of ether oxygens (including phenoxy) is 1. The lowest BCUT2D eigenvalue weighted by molar-refractivity contribution is 0.184. The summed E-state index contributed by atoms with van der Waals surface area (Å²) in [6.45, 7) is 9.40. The Bertz CT molecular complexity index is 1040. The molecule has 1 atom stereocenters. The lowest BCUT2D eigenvalue weighted by Gasteiger charge is -2.40. The van der Waals surface area contributed by atoms with Gasteiger partial charge in [0.15, 0.2) is 5.82 Å². The minimum atomic E-state index is -0.364. The highest BCUT2D eigenvalue weighted by Crippen LogP contribution is 2.34. The Balaban J connectivity index is 1.66. The normalized spacial score (nSPS) is 16.2. The number of aromatic nitrogens is 4. The molecule has 0 unspecified atom stereocenters. The molecule has 1 aliphatic rings. The number of rotatable bonds is 7. The van der Waals surface area contributed by atoms with Crippen molar-refractivity contribution < 1.29 is 9.13 Å². The van der Waals surface area contributed by atoms with Gasteiger partial charge < -0.3 is 9.64 Å². The number of tetrazole rings is 1. The molecule has 3 aromatic rings. The topological polar surface area (TPSA) is 59.3 Å². The fraction of sp³-hybridized carbons (Fsp3) is 0.458. The highest BCUT2D eigenvalue weighted by molar-refractivity contribution is 5.58. The predicted octanol–water partition coefficient (Wildman–Crippen LogP) is 3.88. The number of methoxy groups -OCH3 is 1. The summed E-state index contributed by atoms with van der Waals surface area (Å²) in [5, 5.41) is 12.7. The average molecular weight is 439 g/mol. The van der Waals surface area contributed by atoms with Gasteiger partial charge in [-0.25, -0.2) is 9.07 Å². The number of anilines is 1. The van der Waals surface area contributed by atoms with Gasteiger partial charge in [-0.3, -0.25) is 4.90 Å². The Morgan fingerprint density at radius 1 is 1.03 bits per heavy atom. The first-order chi connectivity index (χ1) is 15.5. The van der Waals surface area contributed by atoms with E-state index in [1.165, 1.54) is 6.07 Å². The maximum absolute atomic E-state index is 15.0. The van der Waals surface area contributed by atoms with Gasteiger partial charge in [0.1, 0.15) is 17.6 Å². The van der Waals surface area contributed by atoms with Gasteiger partial charge in [-0.1, -0.05) is 37.3 Å². The number of nitrogens with zero attached hydrogens (tertiary/aromatic N) is 6. The van der Waals surface area contributed by atoms with Crippen molar-refractivity contribution in [2.45, 2.75) is 38.8 Å². The maximum atomic E-state index is 15.0.